The van der Waals surface area contributed by atoms with E-state index >= 15 is 0 Å². The Kier molecular flexibility index (Phi) is 20.0. The topological polar surface area (TPSA) is 134 Å². The van der Waals surface area contributed by atoms with Gasteiger partial charge in [-0.25, -0.2) is 0 Å². The third-order valence-electron chi connectivity index (χ3n) is 3.58. The Labute approximate surface area is 180 Å². The van der Waals surface area contributed by atoms with Crippen LogP contribution >= 0.6 is 33.3 Å². The van der Waals surface area contributed by atoms with Gasteiger partial charge in [0.1, 0.15) is 6.04 Å². The van der Waals surface area contributed by atoms with Crippen LogP contribution in [0.2, 0.25) is 0 Å². The van der Waals surface area contributed by atoms with Crippen molar-refractivity contribution in [1.82, 2.24) is 10.6 Å². The zero-order valence-corrected chi connectivity index (χ0v) is 19.0. The van der Waals surface area contributed by atoms with Crippen molar-refractivity contribution in [2.24, 2.45) is 5.73 Å². The van der Waals surface area contributed by atoms with Crippen molar-refractivity contribution in [3.05, 3.63) is 0 Å². The number of aliphatic carboxylic acids is 1. The summed E-state index contributed by atoms with van der Waals surface area (Å²) in [7, 11) is 5.06. The highest BCUT2D eigenvalue weighted by atomic mass is 33.1. The van der Waals surface area contributed by atoms with E-state index in [4.69, 9.17) is 15.6 Å². The Bertz CT molecular complexity index is 408. The van der Waals surface area contributed by atoms with Crippen LogP contribution in [0.15, 0.2) is 0 Å². The van der Waals surface area contributed by atoms with Crippen molar-refractivity contribution >= 4 is 45.2 Å². The number of carbonyl (C=O) groups is 2. The maximum Gasteiger partial charge on any atom is 0.320 e. The van der Waals surface area contributed by atoms with Gasteiger partial charge < -0.3 is 31.3 Å². The molecule has 2 atom stereocenters. The van der Waals surface area contributed by atoms with Crippen LogP contribution in [-0.4, -0.2) is 90.6 Å². The molecule has 166 valence electrons. The molecule has 0 saturated carbocycles. The first-order chi connectivity index (χ1) is 13.5. The van der Waals surface area contributed by atoms with Crippen molar-refractivity contribution in [2.45, 2.75) is 37.8 Å². The van der Waals surface area contributed by atoms with Gasteiger partial charge in [-0.2, -0.15) is 11.8 Å². The van der Waals surface area contributed by atoms with E-state index in [0.29, 0.717) is 5.75 Å². The smallest absolute Gasteiger partial charge is 0.320 e. The van der Waals surface area contributed by atoms with Gasteiger partial charge in [-0.3, -0.25) is 9.59 Å². The van der Waals surface area contributed by atoms with Crippen LogP contribution in [0, 0.1) is 0 Å². The summed E-state index contributed by atoms with van der Waals surface area (Å²) in [5.74, 6) is 2.44. The molecule has 0 aliphatic rings. The van der Waals surface area contributed by atoms with Crippen molar-refractivity contribution in [2.75, 3.05) is 56.4 Å². The summed E-state index contributed by atoms with van der Waals surface area (Å²) in [4.78, 5) is 22.4. The highest BCUT2D eigenvalue weighted by molar-refractivity contribution is 8.76. The lowest BCUT2D eigenvalue weighted by molar-refractivity contribution is -0.138. The number of hydrogen-bond acceptors (Lipinski definition) is 9. The second kappa shape index (κ2) is 20.1. The zero-order valence-electron chi connectivity index (χ0n) is 16.6. The summed E-state index contributed by atoms with van der Waals surface area (Å²) >= 11 is 1.94. The lowest BCUT2D eigenvalue weighted by atomic mass is 10.1. The molecule has 1 amide bonds. The quantitative estimate of drug-likeness (QED) is 0.132. The van der Waals surface area contributed by atoms with Gasteiger partial charge in [0.2, 0.25) is 5.91 Å². The number of hydrogen-bond donors (Lipinski definition) is 5. The molecule has 0 spiro atoms. The third kappa shape index (κ3) is 17.9. The maximum atomic E-state index is 11.8. The molecule has 0 saturated heterocycles. The second-order valence-corrected chi connectivity index (χ2v) is 9.95. The fourth-order valence-electron chi connectivity index (χ4n) is 1.97. The van der Waals surface area contributed by atoms with Crippen LogP contribution in [0.4, 0.5) is 0 Å². The molecule has 0 bridgehead atoms. The number of nitrogens with two attached hydrogens (primary N) is 1. The SMILES string of the molecule is COCCCSCCNCCCSSCC(CO)NC(=O)CCC(N)C(=O)O. The van der Waals surface area contributed by atoms with E-state index in [1.807, 2.05) is 11.8 Å². The van der Waals surface area contributed by atoms with Gasteiger partial charge in [0.05, 0.1) is 12.6 Å². The number of carboxylic acids is 1. The molecule has 11 heteroatoms. The zero-order chi connectivity index (χ0) is 21.0. The molecule has 0 radical (unpaired) electrons. The van der Waals surface area contributed by atoms with E-state index in [9.17, 15) is 14.7 Å². The number of methoxy groups -OCH3 is 1. The van der Waals surface area contributed by atoms with Crippen LogP contribution in [0.1, 0.15) is 25.7 Å². The van der Waals surface area contributed by atoms with Crippen LogP contribution in [-0.2, 0) is 14.3 Å². The average molecular weight is 458 g/mol. The minimum Gasteiger partial charge on any atom is -0.480 e. The van der Waals surface area contributed by atoms with E-state index in [0.717, 1.165) is 49.8 Å². The lowest BCUT2D eigenvalue weighted by Gasteiger charge is -2.16. The molecule has 0 aromatic heterocycles. The fourth-order valence-corrected chi connectivity index (χ4v) is 5.10. The van der Waals surface area contributed by atoms with Gasteiger partial charge in [-0.15, -0.1) is 0 Å². The summed E-state index contributed by atoms with van der Waals surface area (Å²) in [5, 5.41) is 24.2. The molecule has 0 rings (SSSR count). The van der Waals surface area contributed by atoms with Gasteiger partial charge in [-0.05, 0) is 31.6 Å². The number of ether oxygens (including phenoxy) is 1. The summed E-state index contributed by atoms with van der Waals surface area (Å²) < 4.78 is 5.01. The summed E-state index contributed by atoms with van der Waals surface area (Å²) in [6, 6.07) is -1.37. The Hall–Kier alpha value is -0.170. The van der Waals surface area contributed by atoms with Crippen LogP contribution in [0.5, 0.6) is 0 Å². The van der Waals surface area contributed by atoms with E-state index in [1.165, 1.54) is 0 Å². The average Bonchev–Trinajstić information content (AvgIpc) is 2.68. The molecule has 0 aliphatic heterocycles. The fraction of sp³-hybridized carbons (Fsp3) is 0.882. The van der Waals surface area contributed by atoms with Crippen molar-refractivity contribution in [3.63, 3.8) is 0 Å². The number of carbonyl (C=O) groups excluding carboxylic acids is 1. The van der Waals surface area contributed by atoms with Gasteiger partial charge in [-0.1, -0.05) is 21.6 Å². The molecule has 6 N–H and O–H groups in total. The Morgan fingerprint density at radius 1 is 1.14 bits per heavy atom. The first-order valence-electron chi connectivity index (χ1n) is 9.41. The summed E-state index contributed by atoms with van der Waals surface area (Å²) in [6.45, 7) is 2.68. The molecular weight excluding hydrogens is 422 g/mol. The maximum absolute atomic E-state index is 11.8. The highest BCUT2D eigenvalue weighted by Crippen LogP contribution is 2.22. The Morgan fingerprint density at radius 2 is 1.93 bits per heavy atom. The molecule has 0 heterocycles. The van der Waals surface area contributed by atoms with Crippen molar-refractivity contribution in [3.8, 4) is 0 Å². The van der Waals surface area contributed by atoms with Gasteiger partial charge in [0.25, 0.3) is 0 Å². The number of amides is 1. The molecular formula is C17H35N3O5S3. The number of carboxylic acid groups (broad SMARTS) is 1. The van der Waals surface area contributed by atoms with E-state index < -0.39 is 12.0 Å². The molecule has 0 aromatic rings. The summed E-state index contributed by atoms with van der Waals surface area (Å²) in [5.41, 5.74) is 5.37. The van der Waals surface area contributed by atoms with Crippen molar-refractivity contribution in [1.29, 1.82) is 0 Å². The molecule has 0 fully saturated rings. The molecule has 0 aromatic carbocycles. The largest absolute Gasteiger partial charge is 0.480 e. The number of thioether (sulfide) groups is 1. The molecule has 8 nitrogen and oxygen atoms in total. The van der Waals surface area contributed by atoms with Crippen LogP contribution < -0.4 is 16.4 Å². The monoisotopic (exact) mass is 457 g/mol. The first kappa shape index (κ1) is 27.8. The van der Waals surface area contributed by atoms with Gasteiger partial charge in [0.15, 0.2) is 0 Å². The lowest BCUT2D eigenvalue weighted by Crippen LogP contribution is -2.40. The van der Waals surface area contributed by atoms with Gasteiger partial charge >= 0.3 is 5.97 Å². The molecule has 28 heavy (non-hydrogen) atoms. The van der Waals surface area contributed by atoms with Crippen LogP contribution in [0.3, 0.4) is 0 Å². The van der Waals surface area contributed by atoms with E-state index in [-0.39, 0.29) is 31.4 Å². The minimum atomic E-state index is -1.12. The second-order valence-electron chi connectivity index (χ2n) is 6.10. The summed E-state index contributed by atoms with van der Waals surface area (Å²) in [6.07, 6.45) is 2.29. The highest BCUT2D eigenvalue weighted by Gasteiger charge is 2.16. The third-order valence-corrected chi connectivity index (χ3v) is 7.22. The number of rotatable bonds is 20. The first-order valence-corrected chi connectivity index (χ1v) is 13.1. The number of nitrogens with one attached hydrogen (secondary N) is 2. The molecule has 2 unspecified atom stereocenters. The minimum absolute atomic E-state index is 0.0398. The van der Waals surface area contributed by atoms with Gasteiger partial charge in [0, 0.05) is 43.9 Å². The standard InChI is InChI=1S/C17H35N3O5S3/c1-25-8-3-9-26-11-7-19-6-2-10-27-28-13-14(12-21)20-16(22)5-4-15(18)17(23)24/h14-15,19,21H,2-13,18H2,1H3,(H,20,22)(H,23,24). The van der Waals surface area contributed by atoms with E-state index in [1.54, 1.807) is 28.7 Å². The predicted octanol–water partition coefficient (Wildman–Crippen LogP) is 0.786. The van der Waals surface area contributed by atoms with E-state index in [2.05, 4.69) is 10.6 Å². The molecule has 0 aliphatic carbocycles. The normalized spacial score (nSPS) is 13.2. The van der Waals surface area contributed by atoms with Crippen molar-refractivity contribution < 1.29 is 24.5 Å². The predicted molar refractivity (Wildman–Crippen MR) is 120 cm³/mol. The number of aliphatic hydroxyl groups is 1. The number of aliphatic hydroxyl groups excluding tert-OH is 1. The Balaban J connectivity index is 3.52. The van der Waals surface area contributed by atoms with Crippen LogP contribution in [0.25, 0.3) is 0 Å². The Morgan fingerprint density at radius 3 is 2.61 bits per heavy atom.